The molecule has 5 rings (SSSR count). The van der Waals surface area contributed by atoms with Crippen molar-refractivity contribution in [2.45, 2.75) is 128 Å². The van der Waals surface area contributed by atoms with Crippen molar-refractivity contribution in [1.82, 2.24) is 0 Å². The fraction of sp³-hybridized carbons (Fsp3) is 0.833. The summed E-state index contributed by atoms with van der Waals surface area (Å²) in [7, 11) is 0. The van der Waals surface area contributed by atoms with Gasteiger partial charge in [-0.15, -0.1) is 0 Å². The van der Waals surface area contributed by atoms with Gasteiger partial charge in [0.25, 0.3) is 22.8 Å². The Hall–Kier alpha value is -1.32. The molecular formula is C24H40N2O2. The number of hydrogen-bond donors (Lipinski definition) is 0. The van der Waals surface area contributed by atoms with Crippen LogP contribution in [0, 0.1) is 10.4 Å². The Kier molecular flexibility index (Phi) is 8.88. The SMILES string of the molecule is [O-][n+]1c2c3[n+]([O-])c(c1CCCCCCCCCC3)CCCCCCCCCC2. The van der Waals surface area contributed by atoms with E-state index >= 15 is 0 Å². The molecule has 4 nitrogen and oxygen atoms in total. The van der Waals surface area contributed by atoms with Gasteiger partial charge in [0.05, 0.1) is 0 Å². The highest BCUT2D eigenvalue weighted by molar-refractivity contribution is 5.10. The first-order valence-corrected chi connectivity index (χ1v) is 12.2. The maximum Gasteiger partial charge on any atom is 0.261 e. The largest absolute Gasteiger partial charge is 0.618 e. The second kappa shape index (κ2) is 11.6. The molecule has 0 unspecified atom stereocenters. The van der Waals surface area contributed by atoms with Gasteiger partial charge < -0.3 is 10.4 Å². The number of rotatable bonds is 0. The zero-order valence-electron chi connectivity index (χ0n) is 17.9. The van der Waals surface area contributed by atoms with Crippen LogP contribution in [0.5, 0.6) is 0 Å². The van der Waals surface area contributed by atoms with E-state index in [0.717, 1.165) is 74.1 Å². The van der Waals surface area contributed by atoms with Gasteiger partial charge in [0, 0.05) is 25.7 Å². The van der Waals surface area contributed by atoms with E-state index in [1.807, 2.05) is 0 Å². The van der Waals surface area contributed by atoms with Gasteiger partial charge in [-0.25, -0.2) is 0 Å². The number of hydrogen-bond acceptors (Lipinski definition) is 2. The van der Waals surface area contributed by atoms with Crippen LogP contribution in [0.1, 0.15) is 126 Å². The molecule has 158 valence electrons. The maximum absolute atomic E-state index is 13.4. The van der Waals surface area contributed by atoms with Gasteiger partial charge in [-0.05, 0) is 25.7 Å². The fourth-order valence-electron chi connectivity index (χ4n) is 5.07. The maximum atomic E-state index is 13.4. The molecule has 0 saturated carbocycles. The summed E-state index contributed by atoms with van der Waals surface area (Å²) in [6, 6.07) is 0. The lowest BCUT2D eigenvalue weighted by molar-refractivity contribution is -0.687. The molecule has 1 aromatic heterocycles. The standard InChI is InChI=1S/C24H40N2O2/c27-25-21-17-13-9-5-1-2-6-10-14-18-22-24(25)20-16-12-8-4-3-7-11-15-19-23(21)26(22)28/h1-20H2. The molecule has 4 heteroatoms. The Labute approximate surface area is 171 Å². The van der Waals surface area contributed by atoms with E-state index in [4.69, 9.17) is 0 Å². The van der Waals surface area contributed by atoms with Crippen molar-refractivity contribution < 1.29 is 9.46 Å². The predicted octanol–water partition coefficient (Wildman–Crippen LogP) is 5.39. The molecule has 28 heavy (non-hydrogen) atoms. The highest BCUT2D eigenvalue weighted by Crippen LogP contribution is 2.20. The molecule has 0 radical (unpaired) electrons. The Morgan fingerprint density at radius 3 is 0.714 bits per heavy atom. The summed E-state index contributed by atoms with van der Waals surface area (Å²) in [6.07, 6.45) is 22.2. The van der Waals surface area contributed by atoms with Crippen LogP contribution in [0.4, 0.5) is 0 Å². The molecule has 1 aromatic rings. The van der Waals surface area contributed by atoms with Crippen LogP contribution in [-0.4, -0.2) is 0 Å². The monoisotopic (exact) mass is 388 g/mol. The molecule has 0 aromatic carbocycles. The van der Waals surface area contributed by atoms with Crippen molar-refractivity contribution in [3.8, 4) is 0 Å². The Bertz CT molecular complexity index is 513. The molecule has 0 spiro atoms. The minimum absolute atomic E-state index is 0.772. The second-order valence-electron chi connectivity index (χ2n) is 9.03. The van der Waals surface area contributed by atoms with E-state index in [9.17, 15) is 10.4 Å². The van der Waals surface area contributed by atoms with E-state index in [2.05, 4.69) is 0 Å². The van der Waals surface area contributed by atoms with E-state index in [0.29, 0.717) is 0 Å². The summed E-state index contributed by atoms with van der Waals surface area (Å²) in [4.78, 5) is 0. The summed E-state index contributed by atoms with van der Waals surface area (Å²) in [6.45, 7) is 0. The van der Waals surface area contributed by atoms with Crippen LogP contribution in [0.2, 0.25) is 0 Å². The molecular weight excluding hydrogens is 348 g/mol. The highest BCUT2D eigenvalue weighted by atomic mass is 16.5. The van der Waals surface area contributed by atoms with E-state index in [1.54, 1.807) is 0 Å². The van der Waals surface area contributed by atoms with Gasteiger partial charge in [-0.2, -0.15) is 9.46 Å². The molecule has 0 aliphatic carbocycles. The van der Waals surface area contributed by atoms with Crippen molar-refractivity contribution >= 4 is 0 Å². The van der Waals surface area contributed by atoms with E-state index < -0.39 is 0 Å². The third-order valence-electron chi connectivity index (χ3n) is 6.80. The first-order valence-electron chi connectivity index (χ1n) is 12.2. The Morgan fingerprint density at radius 2 is 0.500 bits per heavy atom. The van der Waals surface area contributed by atoms with Crippen molar-refractivity contribution in [2.75, 3.05) is 0 Å². The molecule has 0 fully saturated rings. The molecule has 0 atom stereocenters. The molecule has 0 saturated heterocycles. The zero-order chi connectivity index (χ0) is 19.6. The van der Waals surface area contributed by atoms with E-state index in [-0.39, 0.29) is 0 Å². The van der Waals surface area contributed by atoms with Crippen molar-refractivity contribution in [2.24, 2.45) is 0 Å². The number of aromatic nitrogens is 2. The zero-order valence-corrected chi connectivity index (χ0v) is 17.9. The third-order valence-corrected chi connectivity index (χ3v) is 6.80. The van der Waals surface area contributed by atoms with Crippen LogP contribution in [0.15, 0.2) is 0 Å². The third kappa shape index (κ3) is 5.84. The Morgan fingerprint density at radius 1 is 0.321 bits per heavy atom. The van der Waals surface area contributed by atoms with Gasteiger partial charge in [0.1, 0.15) is 0 Å². The average molecular weight is 389 g/mol. The normalized spacial score (nSPS) is 21.1. The van der Waals surface area contributed by atoms with Crippen molar-refractivity contribution in [3.05, 3.63) is 33.2 Å². The van der Waals surface area contributed by atoms with Gasteiger partial charge in [0.2, 0.25) is 0 Å². The minimum atomic E-state index is 0.772. The lowest BCUT2D eigenvalue weighted by atomic mass is 9.98. The highest BCUT2D eigenvalue weighted by Gasteiger charge is 2.31. The van der Waals surface area contributed by atoms with Crippen molar-refractivity contribution in [3.63, 3.8) is 0 Å². The molecule has 4 aliphatic rings. The Balaban J connectivity index is 1.97. The summed E-state index contributed by atoms with van der Waals surface area (Å²) in [5.74, 6) is 0. The summed E-state index contributed by atoms with van der Waals surface area (Å²) < 4.78 is 2.44. The van der Waals surface area contributed by atoms with Crippen LogP contribution in [0.3, 0.4) is 0 Å². The topological polar surface area (TPSA) is 53.9 Å². The van der Waals surface area contributed by atoms with Gasteiger partial charge in [-0.1, -0.05) is 77.0 Å². The lowest BCUT2D eigenvalue weighted by Crippen LogP contribution is -2.51. The van der Waals surface area contributed by atoms with Gasteiger partial charge in [0.15, 0.2) is 0 Å². The van der Waals surface area contributed by atoms with Crippen LogP contribution < -0.4 is 9.46 Å². The minimum Gasteiger partial charge on any atom is -0.618 e. The van der Waals surface area contributed by atoms with Gasteiger partial charge in [-0.3, -0.25) is 0 Å². The van der Waals surface area contributed by atoms with Crippen LogP contribution in [0.25, 0.3) is 0 Å². The summed E-state index contributed by atoms with van der Waals surface area (Å²) >= 11 is 0. The summed E-state index contributed by atoms with van der Waals surface area (Å²) in [5.41, 5.74) is 3.18. The van der Waals surface area contributed by atoms with Crippen molar-refractivity contribution in [1.29, 1.82) is 0 Å². The molecule has 4 aliphatic heterocycles. The fourth-order valence-corrected chi connectivity index (χ4v) is 5.07. The molecule has 4 bridgehead atoms. The number of nitrogens with zero attached hydrogens (tertiary/aromatic N) is 2. The summed E-state index contributed by atoms with van der Waals surface area (Å²) in [5, 5.41) is 26.8. The average Bonchev–Trinajstić information content (AvgIpc) is 2.69. The molecule has 5 heterocycles. The molecule has 0 N–H and O–H groups in total. The first-order chi connectivity index (χ1) is 13.8. The predicted molar refractivity (Wildman–Crippen MR) is 113 cm³/mol. The quantitative estimate of drug-likeness (QED) is 0.442. The van der Waals surface area contributed by atoms with Crippen LogP contribution in [-0.2, 0) is 25.7 Å². The molecule has 0 amide bonds. The van der Waals surface area contributed by atoms with E-state index in [1.165, 1.54) is 86.5 Å². The second-order valence-corrected chi connectivity index (χ2v) is 9.03. The smallest absolute Gasteiger partial charge is 0.261 e. The van der Waals surface area contributed by atoms with Gasteiger partial charge >= 0.3 is 0 Å². The van der Waals surface area contributed by atoms with Crippen LogP contribution >= 0.6 is 0 Å². The lowest BCUT2D eigenvalue weighted by Gasteiger charge is -2.18. The number of fused-ring (bicyclic) bond motifs is 18. The first kappa shape index (κ1) is 21.4.